The maximum Gasteiger partial charge on any atom is 0.229 e. The average molecular weight is 188 g/mol. The number of nitrogens with one attached hydrogen (secondary N) is 1. The van der Waals surface area contributed by atoms with E-state index in [1.807, 2.05) is 0 Å². The minimum Gasteiger partial charge on any atom is -0.410 e. The molecule has 0 fully saturated rings. The topological polar surface area (TPSA) is 61.7 Å². The van der Waals surface area contributed by atoms with Crippen molar-refractivity contribution in [1.82, 2.24) is 5.32 Å². The van der Waals surface area contributed by atoms with Gasteiger partial charge in [-0.1, -0.05) is 23.5 Å². The number of carbonyl (C=O) groups excluding carboxylic acids is 1. The Morgan fingerprint density at radius 1 is 1.83 bits per heavy atom. The van der Waals surface area contributed by atoms with Gasteiger partial charge in [-0.05, 0) is 12.3 Å². The highest BCUT2D eigenvalue weighted by Gasteiger charge is 2.17. The number of amides is 1. The van der Waals surface area contributed by atoms with E-state index in [0.29, 0.717) is 5.04 Å². The van der Waals surface area contributed by atoms with Gasteiger partial charge in [-0.3, -0.25) is 4.79 Å². The molecule has 1 amide bonds. The zero-order valence-electron chi connectivity index (χ0n) is 7.07. The van der Waals surface area contributed by atoms with E-state index in [1.54, 1.807) is 6.92 Å². The van der Waals surface area contributed by atoms with Crippen LogP contribution in [0.3, 0.4) is 0 Å². The number of thioether (sulfide) groups is 1. The van der Waals surface area contributed by atoms with Crippen LogP contribution in [0.5, 0.6) is 0 Å². The molecule has 0 heterocycles. The SMILES string of the molecule is C=CS/C(=N/O)C(C)C(=O)NC. The van der Waals surface area contributed by atoms with Crippen molar-refractivity contribution in [2.24, 2.45) is 11.1 Å². The average Bonchev–Trinajstić information content (AvgIpc) is 2.11. The van der Waals surface area contributed by atoms with Crippen LogP contribution in [0.2, 0.25) is 0 Å². The Bertz CT molecular complexity index is 204. The van der Waals surface area contributed by atoms with Crippen molar-refractivity contribution >= 4 is 22.7 Å². The van der Waals surface area contributed by atoms with Crippen molar-refractivity contribution in [2.75, 3.05) is 7.05 Å². The lowest BCUT2D eigenvalue weighted by atomic mass is 10.2. The van der Waals surface area contributed by atoms with Crippen LogP contribution in [0, 0.1) is 5.92 Å². The first-order valence-corrected chi connectivity index (χ1v) is 4.26. The Balaban J connectivity index is 4.31. The Hall–Kier alpha value is -0.970. The second-order valence-electron chi connectivity index (χ2n) is 2.06. The normalized spacial score (nSPS) is 13.7. The van der Waals surface area contributed by atoms with Crippen molar-refractivity contribution in [2.45, 2.75) is 6.92 Å². The van der Waals surface area contributed by atoms with E-state index in [1.165, 1.54) is 12.5 Å². The lowest BCUT2D eigenvalue weighted by Gasteiger charge is -2.08. The predicted molar refractivity (Wildman–Crippen MR) is 50.2 cm³/mol. The predicted octanol–water partition coefficient (Wildman–Crippen LogP) is 1.03. The fourth-order valence-corrected chi connectivity index (χ4v) is 1.16. The van der Waals surface area contributed by atoms with E-state index in [4.69, 9.17) is 5.21 Å². The van der Waals surface area contributed by atoms with Crippen molar-refractivity contribution in [3.8, 4) is 0 Å². The number of carbonyl (C=O) groups is 1. The molecular weight excluding hydrogens is 176 g/mol. The maximum atomic E-state index is 11.0. The molecule has 0 aromatic rings. The highest BCUT2D eigenvalue weighted by Crippen LogP contribution is 2.13. The zero-order chi connectivity index (χ0) is 9.56. The van der Waals surface area contributed by atoms with Crippen LogP contribution in [0.4, 0.5) is 0 Å². The lowest BCUT2D eigenvalue weighted by molar-refractivity contribution is -0.122. The quantitative estimate of drug-likeness (QED) is 0.301. The summed E-state index contributed by atoms with van der Waals surface area (Å²) in [5, 5.41) is 15.8. The first-order chi connectivity index (χ1) is 5.67. The second kappa shape index (κ2) is 5.65. The van der Waals surface area contributed by atoms with Gasteiger partial charge in [-0.15, -0.1) is 0 Å². The van der Waals surface area contributed by atoms with E-state index in [2.05, 4.69) is 17.1 Å². The third kappa shape index (κ3) is 2.96. The molecule has 0 aliphatic rings. The Morgan fingerprint density at radius 3 is 2.75 bits per heavy atom. The van der Waals surface area contributed by atoms with Gasteiger partial charge in [0.15, 0.2) is 0 Å². The van der Waals surface area contributed by atoms with Crippen molar-refractivity contribution in [1.29, 1.82) is 0 Å². The number of nitrogens with zero attached hydrogens (tertiary/aromatic N) is 1. The summed E-state index contributed by atoms with van der Waals surface area (Å²) in [6.45, 7) is 5.11. The van der Waals surface area contributed by atoms with Gasteiger partial charge in [0.2, 0.25) is 5.91 Å². The molecule has 4 nitrogen and oxygen atoms in total. The molecule has 12 heavy (non-hydrogen) atoms. The molecule has 0 aliphatic carbocycles. The number of hydrogen-bond acceptors (Lipinski definition) is 4. The molecule has 1 unspecified atom stereocenters. The highest BCUT2D eigenvalue weighted by molar-refractivity contribution is 8.16. The number of oxime groups is 1. The minimum absolute atomic E-state index is 0.183. The molecule has 0 bridgehead atoms. The van der Waals surface area contributed by atoms with Gasteiger partial charge in [-0.25, -0.2) is 0 Å². The van der Waals surface area contributed by atoms with E-state index >= 15 is 0 Å². The lowest BCUT2D eigenvalue weighted by Crippen LogP contribution is -2.29. The van der Waals surface area contributed by atoms with E-state index in [9.17, 15) is 4.79 Å². The van der Waals surface area contributed by atoms with Gasteiger partial charge >= 0.3 is 0 Å². The Kier molecular flexibility index (Phi) is 5.19. The van der Waals surface area contributed by atoms with E-state index in [-0.39, 0.29) is 5.91 Å². The van der Waals surface area contributed by atoms with Crippen LogP contribution in [-0.2, 0) is 4.79 Å². The van der Waals surface area contributed by atoms with Crippen molar-refractivity contribution < 1.29 is 10.0 Å². The molecule has 0 aromatic heterocycles. The van der Waals surface area contributed by atoms with E-state index < -0.39 is 5.92 Å². The van der Waals surface area contributed by atoms with Crippen LogP contribution in [0.1, 0.15) is 6.92 Å². The Morgan fingerprint density at radius 2 is 2.42 bits per heavy atom. The third-order valence-corrected chi connectivity index (χ3v) is 2.16. The molecule has 5 heteroatoms. The molecule has 0 saturated carbocycles. The standard InChI is InChI=1S/C7H12N2O2S/c1-4-12-7(9-11)5(2)6(10)8-3/h4-5,11H,1H2,2-3H3,(H,8,10)/b9-7+. The molecule has 0 spiro atoms. The minimum atomic E-state index is -0.442. The summed E-state index contributed by atoms with van der Waals surface area (Å²) in [6.07, 6.45) is 0. The molecule has 0 saturated heterocycles. The van der Waals surface area contributed by atoms with Gasteiger partial charge in [0.05, 0.1) is 5.92 Å². The maximum absolute atomic E-state index is 11.0. The summed E-state index contributed by atoms with van der Waals surface area (Å²) in [5.74, 6) is -0.625. The van der Waals surface area contributed by atoms with Gasteiger partial charge in [0.1, 0.15) is 5.04 Å². The smallest absolute Gasteiger partial charge is 0.229 e. The number of hydrogen-bond donors (Lipinski definition) is 2. The fraction of sp³-hybridized carbons (Fsp3) is 0.429. The molecule has 0 radical (unpaired) electrons. The molecule has 2 N–H and O–H groups in total. The van der Waals surface area contributed by atoms with Crippen LogP contribution in [0.25, 0.3) is 0 Å². The molecule has 0 aromatic carbocycles. The largest absolute Gasteiger partial charge is 0.410 e. The van der Waals surface area contributed by atoms with Crippen LogP contribution in [0.15, 0.2) is 17.1 Å². The molecule has 1 atom stereocenters. The van der Waals surface area contributed by atoms with Crippen molar-refractivity contribution in [3.05, 3.63) is 12.0 Å². The van der Waals surface area contributed by atoms with Crippen LogP contribution in [-0.4, -0.2) is 23.2 Å². The molecular formula is C7H12N2O2S. The summed E-state index contributed by atoms with van der Waals surface area (Å²) in [5.41, 5.74) is 0. The Labute approximate surface area is 75.7 Å². The van der Waals surface area contributed by atoms with Gasteiger partial charge in [0, 0.05) is 7.05 Å². The zero-order valence-corrected chi connectivity index (χ0v) is 7.89. The summed E-state index contributed by atoms with van der Waals surface area (Å²) >= 11 is 1.13. The summed E-state index contributed by atoms with van der Waals surface area (Å²) in [7, 11) is 1.53. The van der Waals surface area contributed by atoms with Gasteiger partial charge in [-0.2, -0.15) is 0 Å². The van der Waals surface area contributed by atoms with Gasteiger partial charge < -0.3 is 10.5 Å². The van der Waals surface area contributed by atoms with Crippen LogP contribution >= 0.6 is 11.8 Å². The first-order valence-electron chi connectivity index (χ1n) is 3.38. The second-order valence-corrected chi connectivity index (χ2v) is 3.05. The van der Waals surface area contributed by atoms with Crippen molar-refractivity contribution in [3.63, 3.8) is 0 Å². The first kappa shape index (κ1) is 11.0. The summed E-state index contributed by atoms with van der Waals surface area (Å²) in [4.78, 5) is 11.0. The summed E-state index contributed by atoms with van der Waals surface area (Å²) in [6, 6.07) is 0. The molecule has 0 rings (SSSR count). The van der Waals surface area contributed by atoms with E-state index in [0.717, 1.165) is 11.8 Å². The van der Waals surface area contributed by atoms with Crippen LogP contribution < -0.4 is 5.32 Å². The molecule has 0 aliphatic heterocycles. The monoisotopic (exact) mass is 188 g/mol. The fourth-order valence-electron chi connectivity index (χ4n) is 0.626. The highest BCUT2D eigenvalue weighted by atomic mass is 32.2. The number of rotatable bonds is 3. The van der Waals surface area contributed by atoms with Gasteiger partial charge in [0.25, 0.3) is 0 Å². The summed E-state index contributed by atoms with van der Waals surface area (Å²) < 4.78 is 0. The third-order valence-electron chi connectivity index (χ3n) is 1.31. The molecule has 68 valence electrons.